The molecule has 2 N–H and O–H groups in total. The van der Waals surface area contributed by atoms with Gasteiger partial charge in [-0.3, -0.25) is 0 Å². The minimum Gasteiger partial charge on any atom is -0.328 e. The van der Waals surface area contributed by atoms with Crippen molar-refractivity contribution in [1.82, 2.24) is 0 Å². The molecule has 1 aromatic carbocycles. The van der Waals surface area contributed by atoms with Crippen LogP contribution in [0.15, 0.2) is 18.2 Å². The molecule has 12 heavy (non-hydrogen) atoms. The van der Waals surface area contributed by atoms with E-state index in [9.17, 15) is 4.39 Å². The first kappa shape index (κ1) is 9.20. The average Bonchev–Trinajstić information content (AvgIpc) is 1.96. The van der Waals surface area contributed by atoms with Crippen LogP contribution >= 0.6 is 0 Å². The third-order valence-corrected chi connectivity index (χ3v) is 1.74. The predicted octanol–water partition coefficient (Wildman–Crippen LogP) is 2.02. The molecule has 0 fully saturated rings. The molecule has 1 rings (SSSR count). The van der Waals surface area contributed by atoms with Crippen molar-refractivity contribution in [3.8, 4) is 0 Å². The van der Waals surface area contributed by atoms with Crippen LogP contribution in [-0.4, -0.2) is 6.04 Å². The molecule has 0 aliphatic heterocycles. The van der Waals surface area contributed by atoms with E-state index >= 15 is 0 Å². The average molecular weight is 167 g/mol. The van der Waals surface area contributed by atoms with E-state index in [2.05, 4.69) is 0 Å². The van der Waals surface area contributed by atoms with Crippen molar-refractivity contribution in [3.63, 3.8) is 0 Å². The second-order valence-electron chi connectivity index (χ2n) is 3.28. The van der Waals surface area contributed by atoms with E-state index < -0.39 is 0 Å². The summed E-state index contributed by atoms with van der Waals surface area (Å²) in [5, 5.41) is 0. The molecule has 1 nitrogen and oxygen atoms in total. The number of nitrogens with two attached hydrogens (primary N) is 1. The van der Waals surface area contributed by atoms with E-state index in [1.54, 1.807) is 6.07 Å². The van der Waals surface area contributed by atoms with Crippen LogP contribution in [0.2, 0.25) is 0 Å². The van der Waals surface area contributed by atoms with Gasteiger partial charge in [0.15, 0.2) is 0 Å². The maximum absolute atomic E-state index is 13.1. The largest absolute Gasteiger partial charge is 0.328 e. The molecule has 1 atom stereocenters. The molecule has 0 heterocycles. The van der Waals surface area contributed by atoms with Crippen molar-refractivity contribution in [2.75, 3.05) is 0 Å². The van der Waals surface area contributed by atoms with Gasteiger partial charge in [0, 0.05) is 6.04 Å². The molecule has 0 saturated carbocycles. The van der Waals surface area contributed by atoms with Crippen molar-refractivity contribution < 1.29 is 4.39 Å². The van der Waals surface area contributed by atoms with Gasteiger partial charge in [-0.15, -0.1) is 0 Å². The van der Waals surface area contributed by atoms with Crippen molar-refractivity contribution >= 4 is 0 Å². The Morgan fingerprint density at radius 2 is 2.17 bits per heavy atom. The summed E-state index contributed by atoms with van der Waals surface area (Å²) in [4.78, 5) is 0. The smallest absolute Gasteiger partial charge is 0.126 e. The molecular weight excluding hydrogens is 153 g/mol. The van der Waals surface area contributed by atoms with Crippen molar-refractivity contribution in [2.24, 2.45) is 5.73 Å². The summed E-state index contributed by atoms with van der Waals surface area (Å²) in [5.41, 5.74) is 7.37. The number of hydrogen-bond donors (Lipinski definition) is 1. The quantitative estimate of drug-likeness (QED) is 0.716. The van der Waals surface area contributed by atoms with Gasteiger partial charge in [-0.1, -0.05) is 17.7 Å². The first-order valence-corrected chi connectivity index (χ1v) is 4.10. The highest BCUT2D eigenvalue weighted by Crippen LogP contribution is 2.11. The number of hydrogen-bond acceptors (Lipinski definition) is 1. The van der Waals surface area contributed by atoms with E-state index in [4.69, 9.17) is 5.73 Å². The van der Waals surface area contributed by atoms with E-state index in [1.807, 2.05) is 19.9 Å². The van der Waals surface area contributed by atoms with Gasteiger partial charge in [-0.05, 0) is 31.9 Å². The van der Waals surface area contributed by atoms with Crippen molar-refractivity contribution in [1.29, 1.82) is 0 Å². The fourth-order valence-corrected chi connectivity index (χ4v) is 1.21. The molecule has 0 aromatic heterocycles. The monoisotopic (exact) mass is 167 g/mol. The zero-order valence-corrected chi connectivity index (χ0v) is 7.47. The zero-order chi connectivity index (χ0) is 9.14. The molecule has 0 unspecified atom stereocenters. The van der Waals surface area contributed by atoms with Gasteiger partial charge >= 0.3 is 0 Å². The van der Waals surface area contributed by atoms with Crippen LogP contribution in [0.4, 0.5) is 4.39 Å². The highest BCUT2D eigenvalue weighted by molar-refractivity contribution is 5.24. The molecule has 0 aliphatic carbocycles. The minimum absolute atomic E-state index is 0.0151. The summed E-state index contributed by atoms with van der Waals surface area (Å²) in [6.45, 7) is 3.83. The highest BCUT2D eigenvalue weighted by Gasteiger charge is 2.03. The molecule has 0 aliphatic rings. The lowest BCUT2D eigenvalue weighted by atomic mass is 10.0. The van der Waals surface area contributed by atoms with Gasteiger partial charge < -0.3 is 5.73 Å². The maximum Gasteiger partial charge on any atom is 0.126 e. The third-order valence-electron chi connectivity index (χ3n) is 1.74. The summed E-state index contributed by atoms with van der Waals surface area (Å²) in [6.07, 6.45) is 0.605. The van der Waals surface area contributed by atoms with Crippen LogP contribution in [-0.2, 0) is 6.42 Å². The number of benzene rings is 1. The molecule has 1 aromatic rings. The van der Waals surface area contributed by atoms with E-state index in [0.717, 1.165) is 5.56 Å². The Hall–Kier alpha value is -0.890. The Morgan fingerprint density at radius 1 is 1.50 bits per heavy atom. The van der Waals surface area contributed by atoms with Crippen LogP contribution in [0.3, 0.4) is 0 Å². The van der Waals surface area contributed by atoms with Crippen molar-refractivity contribution in [2.45, 2.75) is 26.3 Å². The molecule has 0 bridgehead atoms. The summed E-state index contributed by atoms with van der Waals surface area (Å²) >= 11 is 0. The Morgan fingerprint density at radius 3 is 2.75 bits per heavy atom. The third kappa shape index (κ3) is 2.31. The molecule has 0 radical (unpaired) electrons. The Balaban J connectivity index is 2.90. The second-order valence-corrected chi connectivity index (χ2v) is 3.28. The topological polar surface area (TPSA) is 26.0 Å². The Bertz CT molecular complexity index is 269. The van der Waals surface area contributed by atoms with E-state index in [1.165, 1.54) is 6.07 Å². The van der Waals surface area contributed by atoms with E-state index in [0.29, 0.717) is 12.0 Å². The van der Waals surface area contributed by atoms with Gasteiger partial charge in [0.2, 0.25) is 0 Å². The lowest BCUT2D eigenvalue weighted by Crippen LogP contribution is -2.18. The van der Waals surface area contributed by atoms with Gasteiger partial charge in [0.25, 0.3) is 0 Å². The standard InChI is InChI=1S/C10H14FN/c1-7-3-4-10(11)9(5-7)6-8(2)12/h3-5,8H,6,12H2,1-2H3/t8-/m0/s1. The lowest BCUT2D eigenvalue weighted by Gasteiger charge is -2.06. The molecule has 0 amide bonds. The van der Waals surface area contributed by atoms with Crippen molar-refractivity contribution in [3.05, 3.63) is 35.1 Å². The maximum atomic E-state index is 13.1. The number of rotatable bonds is 2. The van der Waals surface area contributed by atoms with Crippen LogP contribution in [0.1, 0.15) is 18.1 Å². The van der Waals surface area contributed by atoms with Crippen LogP contribution in [0, 0.1) is 12.7 Å². The first-order valence-electron chi connectivity index (χ1n) is 4.10. The second kappa shape index (κ2) is 3.68. The normalized spacial score (nSPS) is 13.0. The SMILES string of the molecule is Cc1ccc(F)c(C[C@H](C)N)c1. The predicted molar refractivity (Wildman–Crippen MR) is 48.5 cm³/mol. The highest BCUT2D eigenvalue weighted by atomic mass is 19.1. The molecule has 66 valence electrons. The number of halogens is 1. The Labute approximate surface area is 72.4 Å². The summed E-state index contributed by atoms with van der Waals surface area (Å²) in [7, 11) is 0. The fraction of sp³-hybridized carbons (Fsp3) is 0.400. The molecular formula is C10H14FN. The fourth-order valence-electron chi connectivity index (χ4n) is 1.21. The lowest BCUT2D eigenvalue weighted by molar-refractivity contribution is 0.595. The summed E-state index contributed by atoms with van der Waals surface area (Å²) < 4.78 is 13.1. The zero-order valence-electron chi connectivity index (χ0n) is 7.47. The van der Waals surface area contributed by atoms with Crippen LogP contribution in [0.5, 0.6) is 0 Å². The van der Waals surface area contributed by atoms with Crippen LogP contribution < -0.4 is 5.73 Å². The molecule has 0 saturated heterocycles. The summed E-state index contributed by atoms with van der Waals surface area (Å²) in [5.74, 6) is -0.155. The van der Waals surface area contributed by atoms with Gasteiger partial charge in [0.05, 0.1) is 0 Å². The van der Waals surface area contributed by atoms with E-state index in [-0.39, 0.29) is 11.9 Å². The first-order chi connectivity index (χ1) is 5.59. The Kier molecular flexibility index (Phi) is 2.82. The summed E-state index contributed by atoms with van der Waals surface area (Å²) in [6, 6.07) is 5.12. The molecule has 2 heteroatoms. The van der Waals surface area contributed by atoms with Crippen LogP contribution in [0.25, 0.3) is 0 Å². The number of aryl methyl sites for hydroxylation is 1. The minimum atomic E-state index is -0.155. The van der Waals surface area contributed by atoms with Gasteiger partial charge in [0.1, 0.15) is 5.82 Å². The van der Waals surface area contributed by atoms with Gasteiger partial charge in [-0.2, -0.15) is 0 Å². The molecule has 0 spiro atoms. The van der Waals surface area contributed by atoms with Gasteiger partial charge in [-0.25, -0.2) is 4.39 Å².